The number of carbonyl (C=O) groups excluding carboxylic acids is 2. The fourth-order valence-corrected chi connectivity index (χ4v) is 1.33. The maximum absolute atomic E-state index is 11.4. The molecule has 0 atom stereocenters. The number of nitrogens with one attached hydrogen (secondary N) is 2. The summed E-state index contributed by atoms with van der Waals surface area (Å²) in [4.78, 5) is 22.6. The Morgan fingerprint density at radius 2 is 2.20 bits per heavy atom. The Kier molecular flexibility index (Phi) is 6.53. The van der Waals surface area contributed by atoms with Gasteiger partial charge in [0.05, 0.1) is 13.3 Å². The van der Waals surface area contributed by atoms with E-state index in [1.54, 1.807) is 19.2 Å². The van der Waals surface area contributed by atoms with Gasteiger partial charge in [-0.15, -0.1) is 6.58 Å². The number of amides is 2. The Hall–Kier alpha value is -2.63. The molecular formula is C14H17N3O3. The van der Waals surface area contributed by atoms with Crippen molar-refractivity contribution in [2.75, 3.05) is 13.7 Å². The summed E-state index contributed by atoms with van der Waals surface area (Å²) < 4.78 is 5.06. The van der Waals surface area contributed by atoms with Crippen LogP contribution in [0, 0.1) is 0 Å². The maximum Gasteiger partial charge on any atom is 0.249 e. The van der Waals surface area contributed by atoms with Gasteiger partial charge in [-0.1, -0.05) is 18.2 Å². The average molecular weight is 275 g/mol. The predicted molar refractivity (Wildman–Crippen MR) is 76.6 cm³/mol. The molecule has 1 aromatic carbocycles. The van der Waals surface area contributed by atoms with Crippen LogP contribution in [0.5, 0.6) is 5.75 Å². The van der Waals surface area contributed by atoms with Gasteiger partial charge >= 0.3 is 0 Å². The molecule has 0 saturated heterocycles. The van der Waals surface area contributed by atoms with Crippen molar-refractivity contribution in [3.05, 3.63) is 42.5 Å². The van der Waals surface area contributed by atoms with Gasteiger partial charge < -0.3 is 10.1 Å². The molecule has 1 rings (SSSR count). The number of rotatable bonds is 7. The van der Waals surface area contributed by atoms with Crippen LogP contribution in [-0.2, 0) is 9.59 Å². The third-order valence-electron chi connectivity index (χ3n) is 2.26. The predicted octanol–water partition coefficient (Wildman–Crippen LogP) is 0.838. The van der Waals surface area contributed by atoms with Gasteiger partial charge in [-0.25, -0.2) is 5.43 Å². The second-order valence-corrected chi connectivity index (χ2v) is 3.84. The number of ether oxygens (including phenoxy) is 1. The summed E-state index contributed by atoms with van der Waals surface area (Å²) in [6.45, 7) is 3.79. The highest BCUT2D eigenvalue weighted by atomic mass is 16.5. The van der Waals surface area contributed by atoms with E-state index in [9.17, 15) is 9.59 Å². The van der Waals surface area contributed by atoms with Crippen LogP contribution in [0.1, 0.15) is 12.0 Å². The molecule has 2 amide bonds. The zero-order valence-corrected chi connectivity index (χ0v) is 11.3. The smallest absolute Gasteiger partial charge is 0.249 e. The zero-order chi connectivity index (χ0) is 14.8. The Morgan fingerprint density at radius 1 is 1.40 bits per heavy atom. The van der Waals surface area contributed by atoms with E-state index in [1.807, 2.05) is 12.1 Å². The molecule has 6 nitrogen and oxygen atoms in total. The number of nitrogens with zero attached hydrogens (tertiary/aromatic N) is 1. The van der Waals surface area contributed by atoms with Crippen molar-refractivity contribution in [3.63, 3.8) is 0 Å². The molecule has 0 radical (unpaired) electrons. The maximum atomic E-state index is 11.4. The Labute approximate surface area is 117 Å². The zero-order valence-electron chi connectivity index (χ0n) is 11.3. The standard InChI is InChI=1S/C14H17N3O3/c1-3-7-15-13(18)9-14(19)17-16-10-11-5-4-6-12(8-11)20-2/h3-6,8,10H,1,7,9H2,2H3,(H,15,18)(H,17,19)/b16-10+. The van der Waals surface area contributed by atoms with Crippen LogP contribution in [0.25, 0.3) is 0 Å². The summed E-state index contributed by atoms with van der Waals surface area (Å²) in [6.07, 6.45) is 2.74. The third-order valence-corrected chi connectivity index (χ3v) is 2.26. The van der Waals surface area contributed by atoms with E-state index in [1.165, 1.54) is 12.3 Å². The third kappa shape index (κ3) is 5.81. The molecule has 6 heteroatoms. The molecule has 0 aliphatic carbocycles. The van der Waals surface area contributed by atoms with E-state index < -0.39 is 5.91 Å². The van der Waals surface area contributed by atoms with E-state index in [4.69, 9.17) is 4.74 Å². The highest BCUT2D eigenvalue weighted by Crippen LogP contribution is 2.10. The van der Waals surface area contributed by atoms with Gasteiger partial charge in [0.1, 0.15) is 12.2 Å². The van der Waals surface area contributed by atoms with Crippen molar-refractivity contribution in [1.82, 2.24) is 10.7 Å². The molecule has 0 fully saturated rings. The molecule has 1 aromatic rings. The first-order chi connectivity index (χ1) is 9.65. The SMILES string of the molecule is C=CCNC(=O)CC(=O)N/N=C/c1cccc(OC)c1. The van der Waals surface area contributed by atoms with Gasteiger partial charge in [0.15, 0.2) is 0 Å². The normalized spacial score (nSPS) is 10.1. The van der Waals surface area contributed by atoms with Crippen LogP contribution >= 0.6 is 0 Å². The summed E-state index contributed by atoms with van der Waals surface area (Å²) in [6, 6.07) is 7.20. The fraction of sp³-hybridized carbons (Fsp3) is 0.214. The second-order valence-electron chi connectivity index (χ2n) is 3.84. The lowest BCUT2D eigenvalue weighted by atomic mass is 10.2. The quantitative estimate of drug-likeness (QED) is 0.335. The van der Waals surface area contributed by atoms with Crippen LogP contribution in [0.2, 0.25) is 0 Å². The molecule has 0 bridgehead atoms. The molecule has 0 saturated carbocycles. The number of carbonyl (C=O) groups is 2. The van der Waals surface area contributed by atoms with Gasteiger partial charge in [-0.05, 0) is 17.7 Å². The molecule has 106 valence electrons. The molecule has 0 spiro atoms. The minimum Gasteiger partial charge on any atom is -0.497 e. The molecule has 0 unspecified atom stereocenters. The molecule has 2 N–H and O–H groups in total. The van der Waals surface area contributed by atoms with Crippen molar-refractivity contribution in [2.24, 2.45) is 5.10 Å². The van der Waals surface area contributed by atoms with Crippen LogP contribution in [0.3, 0.4) is 0 Å². The summed E-state index contributed by atoms with van der Waals surface area (Å²) in [5.41, 5.74) is 3.06. The largest absolute Gasteiger partial charge is 0.497 e. The molecule has 0 heterocycles. The Morgan fingerprint density at radius 3 is 2.90 bits per heavy atom. The van der Waals surface area contributed by atoms with E-state index >= 15 is 0 Å². The van der Waals surface area contributed by atoms with E-state index in [0.717, 1.165) is 5.56 Å². The van der Waals surface area contributed by atoms with Gasteiger partial charge in [0, 0.05) is 6.54 Å². The van der Waals surface area contributed by atoms with E-state index in [0.29, 0.717) is 12.3 Å². The summed E-state index contributed by atoms with van der Waals surface area (Å²) in [7, 11) is 1.57. The van der Waals surface area contributed by atoms with Crippen LogP contribution < -0.4 is 15.5 Å². The number of hydrogen-bond donors (Lipinski definition) is 2. The number of benzene rings is 1. The van der Waals surface area contributed by atoms with Gasteiger partial charge in [0.2, 0.25) is 11.8 Å². The van der Waals surface area contributed by atoms with Crippen LogP contribution in [0.4, 0.5) is 0 Å². The number of hydrazone groups is 1. The second kappa shape index (κ2) is 8.47. The Balaban J connectivity index is 2.41. The number of methoxy groups -OCH3 is 1. The highest BCUT2D eigenvalue weighted by Gasteiger charge is 2.06. The van der Waals surface area contributed by atoms with Crippen molar-refractivity contribution >= 4 is 18.0 Å². The van der Waals surface area contributed by atoms with Gasteiger partial charge in [-0.2, -0.15) is 5.10 Å². The topological polar surface area (TPSA) is 79.8 Å². The Bertz CT molecular complexity index is 512. The summed E-state index contributed by atoms with van der Waals surface area (Å²) in [5, 5.41) is 6.27. The van der Waals surface area contributed by atoms with Crippen molar-refractivity contribution in [3.8, 4) is 5.75 Å². The monoisotopic (exact) mass is 275 g/mol. The average Bonchev–Trinajstić information content (AvgIpc) is 2.45. The van der Waals surface area contributed by atoms with Crippen LogP contribution in [0.15, 0.2) is 42.0 Å². The highest BCUT2D eigenvalue weighted by molar-refractivity contribution is 5.97. The summed E-state index contributed by atoms with van der Waals surface area (Å²) in [5.74, 6) is -0.159. The van der Waals surface area contributed by atoms with Crippen molar-refractivity contribution in [2.45, 2.75) is 6.42 Å². The van der Waals surface area contributed by atoms with Gasteiger partial charge in [0.25, 0.3) is 0 Å². The molecule has 20 heavy (non-hydrogen) atoms. The van der Waals surface area contributed by atoms with Crippen molar-refractivity contribution < 1.29 is 14.3 Å². The first-order valence-electron chi connectivity index (χ1n) is 5.99. The molecule has 0 aliphatic heterocycles. The minimum absolute atomic E-state index is 0.275. The molecule has 0 aliphatic rings. The van der Waals surface area contributed by atoms with E-state index in [2.05, 4.69) is 22.4 Å². The summed E-state index contributed by atoms with van der Waals surface area (Å²) >= 11 is 0. The lowest BCUT2D eigenvalue weighted by Gasteiger charge is -2.01. The first-order valence-corrected chi connectivity index (χ1v) is 5.99. The van der Waals surface area contributed by atoms with Gasteiger partial charge in [-0.3, -0.25) is 9.59 Å². The van der Waals surface area contributed by atoms with E-state index in [-0.39, 0.29) is 12.3 Å². The number of hydrogen-bond acceptors (Lipinski definition) is 4. The van der Waals surface area contributed by atoms with Crippen molar-refractivity contribution in [1.29, 1.82) is 0 Å². The minimum atomic E-state index is -0.481. The molecular weight excluding hydrogens is 258 g/mol. The fourth-order valence-electron chi connectivity index (χ4n) is 1.33. The molecule has 0 aromatic heterocycles. The van der Waals surface area contributed by atoms with Crippen LogP contribution in [-0.4, -0.2) is 31.7 Å². The lowest BCUT2D eigenvalue weighted by Crippen LogP contribution is -2.29. The lowest BCUT2D eigenvalue weighted by molar-refractivity contribution is -0.129. The first kappa shape index (κ1) is 15.4.